The lowest BCUT2D eigenvalue weighted by Gasteiger charge is -2.06. The molecule has 2 aromatic heterocycles. The van der Waals surface area contributed by atoms with Gasteiger partial charge in [-0.05, 0) is 31.2 Å². The number of aryl methyl sites for hydroxylation is 2. The Kier molecular flexibility index (Phi) is 4.26. The smallest absolute Gasteiger partial charge is 0.261 e. The minimum Gasteiger partial charge on any atom is -0.360 e. The van der Waals surface area contributed by atoms with Gasteiger partial charge in [0.1, 0.15) is 16.3 Å². The number of para-hydroxylation sites is 1. The lowest BCUT2D eigenvalue weighted by molar-refractivity contribution is 0.102. The average molecular weight is 363 g/mol. The minimum atomic E-state index is -0.206. The molecule has 0 aliphatic rings. The summed E-state index contributed by atoms with van der Waals surface area (Å²) in [5, 5.41) is 7.77. The van der Waals surface area contributed by atoms with Crippen LogP contribution in [0, 0.1) is 6.92 Å². The second-order valence-corrected chi connectivity index (χ2v) is 6.97. The van der Waals surface area contributed by atoms with E-state index in [2.05, 4.69) is 21.5 Å². The number of amides is 1. The maximum atomic E-state index is 12.6. The molecule has 1 amide bonds. The van der Waals surface area contributed by atoms with Gasteiger partial charge in [-0.1, -0.05) is 36.3 Å². The van der Waals surface area contributed by atoms with E-state index in [1.54, 1.807) is 18.3 Å². The van der Waals surface area contributed by atoms with Crippen molar-refractivity contribution < 1.29 is 9.32 Å². The van der Waals surface area contributed by atoms with Crippen molar-refractivity contribution in [2.75, 3.05) is 5.32 Å². The van der Waals surface area contributed by atoms with Crippen LogP contribution in [-0.4, -0.2) is 16.0 Å². The van der Waals surface area contributed by atoms with Crippen LogP contribution in [0.5, 0.6) is 0 Å². The summed E-state index contributed by atoms with van der Waals surface area (Å²) in [6.07, 6.45) is 0.620. The molecule has 4 rings (SSSR count). The van der Waals surface area contributed by atoms with E-state index in [-0.39, 0.29) is 5.91 Å². The molecule has 0 aliphatic carbocycles. The van der Waals surface area contributed by atoms with Gasteiger partial charge < -0.3 is 9.84 Å². The Morgan fingerprint density at radius 2 is 2.04 bits per heavy atom. The number of aromatic nitrogens is 2. The number of anilines is 1. The largest absolute Gasteiger partial charge is 0.360 e. The van der Waals surface area contributed by atoms with Gasteiger partial charge in [0.2, 0.25) is 0 Å². The Morgan fingerprint density at radius 1 is 1.19 bits per heavy atom. The fourth-order valence-electron chi connectivity index (χ4n) is 2.87. The molecule has 0 unspecified atom stereocenters. The highest BCUT2D eigenvalue weighted by atomic mass is 32.1. The lowest BCUT2D eigenvalue weighted by atomic mass is 10.1. The molecule has 26 heavy (non-hydrogen) atoms. The number of hydrogen-bond donors (Lipinski definition) is 1. The first-order chi connectivity index (χ1) is 12.7. The van der Waals surface area contributed by atoms with Crippen LogP contribution in [0.3, 0.4) is 0 Å². The third-order valence-electron chi connectivity index (χ3n) is 4.14. The molecule has 2 aromatic carbocycles. The molecule has 0 spiro atoms. The van der Waals surface area contributed by atoms with E-state index in [0.29, 0.717) is 23.4 Å². The summed E-state index contributed by atoms with van der Waals surface area (Å²) in [4.78, 5) is 17.3. The van der Waals surface area contributed by atoms with Crippen molar-refractivity contribution in [1.29, 1.82) is 0 Å². The highest BCUT2D eigenvalue weighted by Gasteiger charge is 2.19. The molecule has 0 bridgehead atoms. The van der Waals surface area contributed by atoms with Crippen LogP contribution in [0.1, 0.15) is 28.7 Å². The number of rotatable bonds is 4. The Morgan fingerprint density at radius 3 is 2.85 bits per heavy atom. The molecule has 0 fully saturated rings. The normalized spacial score (nSPS) is 11.0. The van der Waals surface area contributed by atoms with Gasteiger partial charge in [-0.15, -0.1) is 11.3 Å². The Labute approximate surface area is 154 Å². The molecule has 1 N–H and O–H groups in total. The first-order valence-electron chi connectivity index (χ1n) is 8.38. The van der Waals surface area contributed by atoms with E-state index in [9.17, 15) is 4.79 Å². The maximum absolute atomic E-state index is 12.6. The van der Waals surface area contributed by atoms with E-state index in [0.717, 1.165) is 26.5 Å². The second kappa shape index (κ2) is 6.72. The molecule has 0 radical (unpaired) electrons. The van der Waals surface area contributed by atoms with Crippen molar-refractivity contribution in [1.82, 2.24) is 10.1 Å². The predicted octanol–water partition coefficient (Wildman–Crippen LogP) is 5.07. The highest BCUT2D eigenvalue weighted by Crippen LogP contribution is 2.31. The van der Waals surface area contributed by atoms with E-state index in [4.69, 9.17) is 4.52 Å². The average Bonchev–Trinajstić information content (AvgIpc) is 3.25. The van der Waals surface area contributed by atoms with Crippen molar-refractivity contribution >= 4 is 33.1 Å². The van der Waals surface area contributed by atoms with Crippen LogP contribution >= 0.6 is 11.3 Å². The summed E-state index contributed by atoms with van der Waals surface area (Å²) in [5.41, 5.74) is 3.78. The van der Waals surface area contributed by atoms with E-state index >= 15 is 0 Å². The fourth-order valence-corrected chi connectivity index (χ4v) is 3.83. The van der Waals surface area contributed by atoms with Crippen molar-refractivity contribution in [3.8, 4) is 10.6 Å². The summed E-state index contributed by atoms with van der Waals surface area (Å²) < 4.78 is 6.35. The van der Waals surface area contributed by atoms with Crippen LogP contribution in [0.4, 0.5) is 5.69 Å². The number of fused-ring (bicyclic) bond motifs is 1. The minimum absolute atomic E-state index is 0.206. The molecule has 2 heterocycles. The third-order valence-corrected chi connectivity index (χ3v) is 5.23. The number of hydrogen-bond acceptors (Lipinski definition) is 5. The monoisotopic (exact) mass is 363 g/mol. The number of thiazole rings is 1. The fraction of sp³-hybridized carbons (Fsp3) is 0.150. The van der Waals surface area contributed by atoms with Gasteiger partial charge >= 0.3 is 0 Å². The summed E-state index contributed by atoms with van der Waals surface area (Å²) in [7, 11) is 0. The van der Waals surface area contributed by atoms with Crippen LogP contribution in [0.15, 0.2) is 53.1 Å². The zero-order chi connectivity index (χ0) is 18.1. The molecule has 0 saturated carbocycles. The Hall–Kier alpha value is -2.99. The summed E-state index contributed by atoms with van der Waals surface area (Å²) in [6, 6.07) is 15.8. The van der Waals surface area contributed by atoms with Crippen LogP contribution < -0.4 is 5.32 Å². The number of nitrogens with one attached hydrogen (secondary N) is 1. The van der Waals surface area contributed by atoms with E-state index in [1.165, 1.54) is 0 Å². The van der Waals surface area contributed by atoms with E-state index in [1.807, 2.05) is 49.4 Å². The van der Waals surface area contributed by atoms with Crippen molar-refractivity contribution in [3.05, 3.63) is 65.5 Å². The lowest BCUT2D eigenvalue weighted by Crippen LogP contribution is -2.14. The Balaban J connectivity index is 1.63. The predicted molar refractivity (Wildman–Crippen MR) is 104 cm³/mol. The number of carbonyl (C=O) groups excluding carboxylic acids is 1. The van der Waals surface area contributed by atoms with Crippen molar-refractivity contribution in [3.63, 3.8) is 0 Å². The van der Waals surface area contributed by atoms with Crippen molar-refractivity contribution in [2.24, 2.45) is 0 Å². The van der Waals surface area contributed by atoms with Gasteiger partial charge in [-0.2, -0.15) is 0 Å². The van der Waals surface area contributed by atoms with Gasteiger partial charge in [-0.25, -0.2) is 4.98 Å². The van der Waals surface area contributed by atoms with Crippen LogP contribution in [-0.2, 0) is 6.42 Å². The topological polar surface area (TPSA) is 68.0 Å². The summed E-state index contributed by atoms with van der Waals surface area (Å²) in [6.45, 7) is 3.71. The maximum Gasteiger partial charge on any atom is 0.261 e. The molecule has 0 atom stereocenters. The van der Waals surface area contributed by atoms with Gasteiger partial charge in [0.25, 0.3) is 5.91 Å². The zero-order valence-electron chi connectivity index (χ0n) is 14.4. The molecule has 130 valence electrons. The molecule has 0 aliphatic heterocycles. The van der Waals surface area contributed by atoms with Crippen LogP contribution in [0.25, 0.3) is 20.8 Å². The summed E-state index contributed by atoms with van der Waals surface area (Å²) >= 11 is 1.64. The molecular formula is C20H17N3O2S. The second-order valence-electron chi connectivity index (χ2n) is 5.94. The molecular weight excluding hydrogens is 346 g/mol. The molecule has 0 saturated heterocycles. The zero-order valence-corrected chi connectivity index (χ0v) is 15.3. The van der Waals surface area contributed by atoms with Crippen molar-refractivity contribution in [2.45, 2.75) is 20.3 Å². The highest BCUT2D eigenvalue weighted by molar-refractivity contribution is 7.21. The van der Waals surface area contributed by atoms with E-state index < -0.39 is 0 Å². The first kappa shape index (κ1) is 16.5. The van der Waals surface area contributed by atoms with Crippen LogP contribution in [0.2, 0.25) is 0 Å². The quantitative estimate of drug-likeness (QED) is 0.549. The van der Waals surface area contributed by atoms with Gasteiger partial charge in [0.15, 0.2) is 0 Å². The van der Waals surface area contributed by atoms with Gasteiger partial charge in [0.05, 0.1) is 15.9 Å². The van der Waals surface area contributed by atoms with Gasteiger partial charge in [-0.3, -0.25) is 4.79 Å². The molecule has 4 aromatic rings. The summed E-state index contributed by atoms with van der Waals surface area (Å²) in [5.74, 6) is 0.393. The number of benzene rings is 2. The number of carbonyl (C=O) groups is 1. The molecule has 6 heteroatoms. The molecule has 5 nitrogen and oxygen atoms in total. The first-order valence-corrected chi connectivity index (χ1v) is 9.20. The van der Waals surface area contributed by atoms with Gasteiger partial charge in [0, 0.05) is 17.7 Å². The number of nitrogens with zero attached hydrogens (tertiary/aromatic N) is 2. The third kappa shape index (κ3) is 2.99. The standard InChI is InChI=1S/C20H17N3O2S/c1-3-16-18(12(2)23-25-16)19(24)21-14-8-6-7-13(11-14)20-22-15-9-4-5-10-17(15)26-20/h4-11H,3H2,1-2H3,(H,21,24). The Bertz CT molecular complexity index is 1060. The SMILES string of the molecule is CCc1onc(C)c1C(=O)Nc1cccc(-c2nc3ccccc3s2)c1.